The summed E-state index contributed by atoms with van der Waals surface area (Å²) in [7, 11) is 2.14. The molecule has 0 bridgehead atoms. The largest absolute Gasteiger partial charge is 0.369 e. The van der Waals surface area contributed by atoms with Crippen LogP contribution in [0.4, 0.5) is 11.4 Å². The molecule has 152 valence electrons. The van der Waals surface area contributed by atoms with E-state index in [0.29, 0.717) is 11.1 Å². The summed E-state index contributed by atoms with van der Waals surface area (Å²) in [6.07, 6.45) is 2.10. The highest BCUT2D eigenvalue weighted by Gasteiger charge is 2.20. The van der Waals surface area contributed by atoms with Crippen molar-refractivity contribution in [2.45, 2.75) is 12.8 Å². The van der Waals surface area contributed by atoms with Gasteiger partial charge in [0.05, 0.1) is 0 Å². The van der Waals surface area contributed by atoms with Crippen molar-refractivity contribution in [1.82, 2.24) is 9.80 Å². The van der Waals surface area contributed by atoms with Gasteiger partial charge in [-0.05, 0) is 62.4 Å². The van der Waals surface area contributed by atoms with E-state index in [4.69, 9.17) is 0 Å². The van der Waals surface area contributed by atoms with E-state index in [9.17, 15) is 9.59 Å². The fourth-order valence-electron chi connectivity index (χ4n) is 3.92. The molecule has 29 heavy (non-hydrogen) atoms. The number of carbonyl (C=O) groups excluding carboxylic acids is 2. The van der Waals surface area contributed by atoms with Crippen LogP contribution in [0.1, 0.15) is 33.6 Å². The molecule has 2 heterocycles. The van der Waals surface area contributed by atoms with E-state index in [2.05, 4.69) is 22.2 Å². The van der Waals surface area contributed by atoms with Gasteiger partial charge in [-0.1, -0.05) is 6.07 Å². The first kappa shape index (κ1) is 19.5. The Labute approximate surface area is 172 Å². The molecule has 2 aliphatic heterocycles. The summed E-state index contributed by atoms with van der Waals surface area (Å²) in [5.74, 6) is -0.193. The molecule has 1 N–H and O–H groups in total. The van der Waals surface area contributed by atoms with Crippen molar-refractivity contribution < 1.29 is 9.59 Å². The van der Waals surface area contributed by atoms with E-state index in [1.54, 1.807) is 24.3 Å². The van der Waals surface area contributed by atoms with Gasteiger partial charge in [0.25, 0.3) is 11.8 Å². The fourth-order valence-corrected chi connectivity index (χ4v) is 3.92. The Kier molecular flexibility index (Phi) is 5.81. The zero-order valence-corrected chi connectivity index (χ0v) is 16.9. The van der Waals surface area contributed by atoms with E-state index < -0.39 is 0 Å². The van der Waals surface area contributed by atoms with Gasteiger partial charge >= 0.3 is 0 Å². The maximum Gasteiger partial charge on any atom is 0.255 e. The maximum absolute atomic E-state index is 12.7. The van der Waals surface area contributed by atoms with Crippen molar-refractivity contribution in [2.24, 2.45) is 0 Å². The summed E-state index contributed by atoms with van der Waals surface area (Å²) in [4.78, 5) is 31.8. The van der Waals surface area contributed by atoms with Crippen molar-refractivity contribution in [3.8, 4) is 0 Å². The fraction of sp³-hybridized carbons (Fsp3) is 0.391. The van der Waals surface area contributed by atoms with Crippen LogP contribution in [0.3, 0.4) is 0 Å². The van der Waals surface area contributed by atoms with Gasteiger partial charge in [-0.2, -0.15) is 0 Å². The molecule has 6 heteroatoms. The van der Waals surface area contributed by atoms with Crippen LogP contribution < -0.4 is 10.2 Å². The molecule has 0 radical (unpaired) electrons. The molecule has 0 aliphatic carbocycles. The Hall–Kier alpha value is -2.86. The van der Waals surface area contributed by atoms with Crippen molar-refractivity contribution in [3.05, 3.63) is 59.7 Å². The number of likely N-dealkylation sites (N-methyl/N-ethyl adjacent to an activating group) is 1. The predicted molar refractivity (Wildman–Crippen MR) is 116 cm³/mol. The third kappa shape index (κ3) is 4.59. The van der Waals surface area contributed by atoms with E-state index in [0.717, 1.165) is 57.8 Å². The summed E-state index contributed by atoms with van der Waals surface area (Å²) in [5, 5.41) is 2.94. The molecule has 0 spiro atoms. The van der Waals surface area contributed by atoms with Gasteiger partial charge in [-0.25, -0.2) is 0 Å². The lowest BCUT2D eigenvalue weighted by atomic mass is 10.1. The highest BCUT2D eigenvalue weighted by Crippen LogP contribution is 2.20. The molecule has 0 saturated carbocycles. The van der Waals surface area contributed by atoms with Crippen LogP contribution in [0.5, 0.6) is 0 Å². The van der Waals surface area contributed by atoms with Crippen LogP contribution in [-0.4, -0.2) is 67.9 Å². The normalized spacial score (nSPS) is 17.4. The van der Waals surface area contributed by atoms with Gasteiger partial charge in [0.1, 0.15) is 0 Å². The predicted octanol–water partition coefficient (Wildman–Crippen LogP) is 2.93. The lowest BCUT2D eigenvalue weighted by Crippen LogP contribution is -2.44. The number of benzene rings is 2. The SMILES string of the molecule is CN1CCN(c2ccc(NC(=O)c3cccc(C(=O)N4CCCC4)c3)cc2)CC1. The van der Waals surface area contributed by atoms with Gasteiger partial charge in [-0.3, -0.25) is 9.59 Å². The zero-order chi connectivity index (χ0) is 20.2. The number of piperazine rings is 1. The Balaban J connectivity index is 1.40. The Morgan fingerprint density at radius 3 is 2.17 bits per heavy atom. The summed E-state index contributed by atoms with van der Waals surface area (Å²) >= 11 is 0. The van der Waals surface area contributed by atoms with Crippen molar-refractivity contribution in [1.29, 1.82) is 0 Å². The van der Waals surface area contributed by atoms with Gasteiger partial charge in [0.2, 0.25) is 0 Å². The summed E-state index contributed by atoms with van der Waals surface area (Å²) < 4.78 is 0. The number of rotatable bonds is 4. The molecule has 2 aromatic carbocycles. The molecule has 2 amide bonds. The quantitative estimate of drug-likeness (QED) is 0.869. The minimum Gasteiger partial charge on any atom is -0.369 e. The molecular weight excluding hydrogens is 364 g/mol. The minimum absolute atomic E-state index is 0.00804. The van der Waals surface area contributed by atoms with Crippen molar-refractivity contribution in [2.75, 3.05) is 56.5 Å². The monoisotopic (exact) mass is 392 g/mol. The number of carbonyl (C=O) groups is 2. The molecule has 2 fully saturated rings. The number of hydrogen-bond acceptors (Lipinski definition) is 4. The van der Waals surface area contributed by atoms with Crippen LogP contribution >= 0.6 is 0 Å². The molecule has 0 atom stereocenters. The smallest absolute Gasteiger partial charge is 0.255 e. The lowest BCUT2D eigenvalue weighted by molar-refractivity contribution is 0.0793. The van der Waals surface area contributed by atoms with Gasteiger partial charge in [-0.15, -0.1) is 0 Å². The maximum atomic E-state index is 12.7. The van der Waals surface area contributed by atoms with Crippen LogP contribution in [0.2, 0.25) is 0 Å². The number of nitrogens with zero attached hydrogens (tertiary/aromatic N) is 3. The van der Waals surface area contributed by atoms with Crippen LogP contribution in [0.25, 0.3) is 0 Å². The standard InChI is InChI=1S/C23H28N4O2/c1-25-13-15-26(16-14-25)21-9-7-20(8-10-21)24-22(28)18-5-4-6-19(17-18)23(29)27-11-2-3-12-27/h4-10,17H,2-3,11-16H2,1H3,(H,24,28). The summed E-state index contributed by atoms with van der Waals surface area (Å²) in [5.41, 5.74) is 3.00. The molecule has 2 aliphatic rings. The number of amides is 2. The Morgan fingerprint density at radius 2 is 1.48 bits per heavy atom. The minimum atomic E-state index is -0.201. The van der Waals surface area contributed by atoms with Crippen molar-refractivity contribution in [3.63, 3.8) is 0 Å². The molecule has 0 aromatic heterocycles. The third-order valence-corrected chi connectivity index (χ3v) is 5.76. The highest BCUT2D eigenvalue weighted by molar-refractivity contribution is 6.06. The second kappa shape index (κ2) is 8.66. The van der Waals surface area contributed by atoms with Gasteiger partial charge < -0.3 is 20.0 Å². The number of anilines is 2. The highest BCUT2D eigenvalue weighted by atomic mass is 16.2. The number of nitrogens with one attached hydrogen (secondary N) is 1. The molecule has 2 aromatic rings. The van der Waals surface area contributed by atoms with Crippen LogP contribution in [0.15, 0.2) is 48.5 Å². The average Bonchev–Trinajstić information content (AvgIpc) is 3.29. The average molecular weight is 393 g/mol. The van der Waals surface area contributed by atoms with Gasteiger partial charge in [0, 0.05) is 61.8 Å². The van der Waals surface area contributed by atoms with Crippen molar-refractivity contribution >= 4 is 23.2 Å². The molecule has 2 saturated heterocycles. The van der Waals surface area contributed by atoms with E-state index in [1.807, 2.05) is 29.2 Å². The summed E-state index contributed by atoms with van der Waals surface area (Å²) in [6, 6.07) is 15.0. The first-order valence-electron chi connectivity index (χ1n) is 10.3. The van der Waals surface area contributed by atoms with Gasteiger partial charge in [0.15, 0.2) is 0 Å². The summed E-state index contributed by atoms with van der Waals surface area (Å²) in [6.45, 7) is 5.75. The van der Waals surface area contributed by atoms with Crippen LogP contribution in [0, 0.1) is 0 Å². The number of hydrogen-bond donors (Lipinski definition) is 1. The Morgan fingerprint density at radius 1 is 0.828 bits per heavy atom. The van der Waals surface area contributed by atoms with E-state index in [1.165, 1.54) is 5.69 Å². The topological polar surface area (TPSA) is 55.9 Å². The zero-order valence-electron chi connectivity index (χ0n) is 16.9. The molecule has 0 unspecified atom stereocenters. The molecular formula is C23H28N4O2. The molecule has 6 nitrogen and oxygen atoms in total. The lowest BCUT2D eigenvalue weighted by Gasteiger charge is -2.34. The second-order valence-electron chi connectivity index (χ2n) is 7.87. The third-order valence-electron chi connectivity index (χ3n) is 5.76. The number of likely N-dealkylation sites (tertiary alicyclic amines) is 1. The first-order chi connectivity index (χ1) is 14.1. The Bertz CT molecular complexity index is 867. The molecule has 4 rings (SSSR count). The first-order valence-corrected chi connectivity index (χ1v) is 10.3. The van der Waals surface area contributed by atoms with E-state index in [-0.39, 0.29) is 11.8 Å². The van der Waals surface area contributed by atoms with Crippen LogP contribution in [-0.2, 0) is 0 Å². The second-order valence-corrected chi connectivity index (χ2v) is 7.87. The van der Waals surface area contributed by atoms with E-state index >= 15 is 0 Å².